The molecule has 0 aliphatic carbocycles. The average molecular weight is 198 g/mol. The quantitative estimate of drug-likeness (QED) is 0.717. The Morgan fingerprint density at radius 3 is 3.38 bits per heavy atom. The van der Waals surface area contributed by atoms with Crippen molar-refractivity contribution in [1.29, 1.82) is 0 Å². The van der Waals surface area contributed by atoms with E-state index in [0.717, 1.165) is 26.3 Å². The van der Waals surface area contributed by atoms with Crippen molar-refractivity contribution in [3.63, 3.8) is 0 Å². The second-order valence-corrected chi connectivity index (χ2v) is 4.33. The third-order valence-corrected chi connectivity index (χ3v) is 3.11. The fourth-order valence-corrected chi connectivity index (χ4v) is 2.14. The Morgan fingerprint density at radius 1 is 1.77 bits per heavy atom. The molecule has 1 atom stereocenters. The van der Waals surface area contributed by atoms with Crippen LogP contribution in [0.15, 0.2) is 11.7 Å². The Balaban J connectivity index is 1.93. The highest BCUT2D eigenvalue weighted by Crippen LogP contribution is 2.14. The summed E-state index contributed by atoms with van der Waals surface area (Å²) in [5, 5.41) is 0. The molecule has 0 bridgehead atoms. The summed E-state index contributed by atoms with van der Waals surface area (Å²) in [6.07, 6.45) is 1.95. The molecule has 1 fully saturated rings. The summed E-state index contributed by atoms with van der Waals surface area (Å²) in [5.74, 6) is 0. The molecule has 1 saturated heterocycles. The summed E-state index contributed by atoms with van der Waals surface area (Å²) < 4.78 is 5.38. The number of hydrogen-bond acceptors (Lipinski definition) is 4. The highest BCUT2D eigenvalue weighted by Gasteiger charge is 2.18. The van der Waals surface area contributed by atoms with Crippen LogP contribution in [-0.2, 0) is 11.3 Å². The molecule has 1 aromatic heterocycles. The van der Waals surface area contributed by atoms with Crippen LogP contribution in [-0.4, -0.2) is 35.7 Å². The third-order valence-electron chi connectivity index (χ3n) is 2.35. The minimum absolute atomic E-state index is 0.538. The number of hydrogen-bond donors (Lipinski definition) is 0. The molecule has 0 N–H and O–H groups in total. The number of ether oxygens (including phenoxy) is 1. The van der Waals surface area contributed by atoms with E-state index in [1.807, 2.05) is 11.7 Å². The van der Waals surface area contributed by atoms with Gasteiger partial charge in [0.05, 0.1) is 18.7 Å². The molecule has 0 aromatic carbocycles. The van der Waals surface area contributed by atoms with Crippen LogP contribution in [0.4, 0.5) is 0 Å². The van der Waals surface area contributed by atoms with E-state index in [9.17, 15) is 0 Å². The van der Waals surface area contributed by atoms with E-state index in [1.165, 1.54) is 4.88 Å². The Hall–Kier alpha value is -0.450. The van der Waals surface area contributed by atoms with E-state index in [2.05, 4.69) is 16.8 Å². The Labute approximate surface area is 82.3 Å². The van der Waals surface area contributed by atoms with Crippen LogP contribution >= 0.6 is 11.3 Å². The van der Waals surface area contributed by atoms with Crippen molar-refractivity contribution >= 4 is 11.3 Å². The van der Waals surface area contributed by atoms with Crippen molar-refractivity contribution in [3.8, 4) is 0 Å². The summed E-state index contributed by atoms with van der Waals surface area (Å²) in [6, 6.07) is 0.538. The van der Waals surface area contributed by atoms with Crippen molar-refractivity contribution in [3.05, 3.63) is 16.6 Å². The molecule has 4 heteroatoms. The van der Waals surface area contributed by atoms with Gasteiger partial charge in [0.25, 0.3) is 0 Å². The summed E-state index contributed by atoms with van der Waals surface area (Å²) in [5.41, 5.74) is 1.89. The average Bonchev–Trinajstić information content (AvgIpc) is 2.61. The first-order chi connectivity index (χ1) is 6.36. The third kappa shape index (κ3) is 2.27. The summed E-state index contributed by atoms with van der Waals surface area (Å²) in [6.45, 7) is 6.00. The molecular formula is C9H14N2OS. The maximum absolute atomic E-state index is 5.38. The molecule has 1 aromatic rings. The number of aromatic nitrogens is 1. The lowest BCUT2D eigenvalue weighted by molar-refractivity contribution is -0.00393. The lowest BCUT2D eigenvalue weighted by atomic mass is 10.2. The van der Waals surface area contributed by atoms with Crippen molar-refractivity contribution in [2.24, 2.45) is 0 Å². The van der Waals surface area contributed by atoms with Gasteiger partial charge in [-0.2, -0.15) is 0 Å². The number of rotatable bonds is 2. The lowest BCUT2D eigenvalue weighted by Gasteiger charge is -2.32. The largest absolute Gasteiger partial charge is 0.379 e. The molecule has 1 aliphatic heterocycles. The predicted octanol–water partition coefficient (Wildman–Crippen LogP) is 1.36. The number of nitrogens with zero attached hydrogens (tertiary/aromatic N) is 2. The van der Waals surface area contributed by atoms with E-state index in [1.54, 1.807) is 11.3 Å². The van der Waals surface area contributed by atoms with Gasteiger partial charge in [-0.05, 0) is 6.92 Å². The van der Waals surface area contributed by atoms with Gasteiger partial charge in [0.2, 0.25) is 0 Å². The van der Waals surface area contributed by atoms with Crippen LogP contribution in [0.25, 0.3) is 0 Å². The van der Waals surface area contributed by atoms with Gasteiger partial charge in [0, 0.05) is 30.2 Å². The zero-order valence-electron chi connectivity index (χ0n) is 7.77. The molecule has 0 amide bonds. The second-order valence-electron chi connectivity index (χ2n) is 3.36. The fraction of sp³-hybridized carbons (Fsp3) is 0.667. The van der Waals surface area contributed by atoms with E-state index >= 15 is 0 Å². The van der Waals surface area contributed by atoms with Crippen molar-refractivity contribution in [1.82, 2.24) is 9.88 Å². The van der Waals surface area contributed by atoms with Crippen LogP contribution in [0.2, 0.25) is 0 Å². The van der Waals surface area contributed by atoms with Gasteiger partial charge in [0.1, 0.15) is 0 Å². The molecular weight excluding hydrogens is 184 g/mol. The van der Waals surface area contributed by atoms with E-state index in [0.29, 0.717) is 6.04 Å². The molecule has 13 heavy (non-hydrogen) atoms. The number of morpholine rings is 1. The Morgan fingerprint density at radius 2 is 2.69 bits per heavy atom. The Kier molecular flexibility index (Phi) is 2.93. The highest BCUT2D eigenvalue weighted by atomic mass is 32.1. The highest BCUT2D eigenvalue weighted by molar-refractivity contribution is 7.09. The van der Waals surface area contributed by atoms with Crippen molar-refractivity contribution in [2.75, 3.05) is 19.8 Å². The summed E-state index contributed by atoms with van der Waals surface area (Å²) in [4.78, 5) is 7.86. The van der Waals surface area contributed by atoms with Crippen LogP contribution in [0.1, 0.15) is 11.8 Å². The molecule has 0 radical (unpaired) electrons. The normalized spacial score (nSPS) is 24.8. The molecule has 72 valence electrons. The van der Waals surface area contributed by atoms with E-state index < -0.39 is 0 Å². The fourth-order valence-electron chi connectivity index (χ4n) is 1.52. The van der Waals surface area contributed by atoms with Gasteiger partial charge < -0.3 is 4.74 Å². The molecule has 2 rings (SSSR count). The smallest absolute Gasteiger partial charge is 0.0794 e. The van der Waals surface area contributed by atoms with Gasteiger partial charge in [-0.1, -0.05) is 0 Å². The molecule has 0 spiro atoms. The standard InChI is InChI=1S/C9H14N2OS/c1-8-6-12-3-2-11(8)5-9-4-10-7-13-9/h4,7-8H,2-3,5-6H2,1H3. The lowest BCUT2D eigenvalue weighted by Crippen LogP contribution is -2.42. The van der Waals surface area contributed by atoms with Crippen LogP contribution in [0.3, 0.4) is 0 Å². The van der Waals surface area contributed by atoms with E-state index in [-0.39, 0.29) is 0 Å². The van der Waals surface area contributed by atoms with Gasteiger partial charge in [0.15, 0.2) is 0 Å². The van der Waals surface area contributed by atoms with Gasteiger partial charge in [-0.3, -0.25) is 9.88 Å². The first kappa shape index (κ1) is 9.12. The topological polar surface area (TPSA) is 25.4 Å². The monoisotopic (exact) mass is 198 g/mol. The van der Waals surface area contributed by atoms with Gasteiger partial charge in [-0.25, -0.2) is 0 Å². The van der Waals surface area contributed by atoms with E-state index in [4.69, 9.17) is 4.74 Å². The summed E-state index contributed by atoms with van der Waals surface area (Å²) >= 11 is 1.73. The SMILES string of the molecule is CC1COCCN1Cc1cncs1. The summed E-state index contributed by atoms with van der Waals surface area (Å²) in [7, 11) is 0. The maximum atomic E-state index is 5.38. The van der Waals surface area contributed by atoms with Gasteiger partial charge in [-0.15, -0.1) is 11.3 Å². The zero-order valence-corrected chi connectivity index (χ0v) is 8.59. The van der Waals surface area contributed by atoms with Crippen LogP contribution in [0, 0.1) is 0 Å². The minimum atomic E-state index is 0.538. The van der Waals surface area contributed by atoms with Crippen LogP contribution in [0.5, 0.6) is 0 Å². The first-order valence-electron chi connectivity index (χ1n) is 4.55. The zero-order chi connectivity index (χ0) is 9.10. The van der Waals surface area contributed by atoms with Gasteiger partial charge >= 0.3 is 0 Å². The minimum Gasteiger partial charge on any atom is -0.379 e. The molecule has 3 nitrogen and oxygen atoms in total. The van der Waals surface area contributed by atoms with Crippen molar-refractivity contribution in [2.45, 2.75) is 19.5 Å². The maximum Gasteiger partial charge on any atom is 0.0794 e. The first-order valence-corrected chi connectivity index (χ1v) is 5.43. The molecule has 1 unspecified atom stereocenters. The molecule has 2 heterocycles. The Bertz CT molecular complexity index is 250. The molecule has 1 aliphatic rings. The predicted molar refractivity (Wildman–Crippen MR) is 52.8 cm³/mol. The second kappa shape index (κ2) is 4.17. The molecule has 0 saturated carbocycles. The van der Waals surface area contributed by atoms with Crippen molar-refractivity contribution < 1.29 is 4.74 Å². The van der Waals surface area contributed by atoms with Crippen LogP contribution < -0.4 is 0 Å². The number of thiazole rings is 1.